The van der Waals surface area contributed by atoms with E-state index in [2.05, 4.69) is 22.1 Å². The number of rotatable bonds is 7. The zero-order valence-corrected chi connectivity index (χ0v) is 16.4. The van der Waals surface area contributed by atoms with Crippen molar-refractivity contribution in [2.24, 2.45) is 5.92 Å². The molecule has 3 rings (SSSR count). The van der Waals surface area contributed by atoms with Crippen molar-refractivity contribution < 1.29 is 14.0 Å². The fourth-order valence-corrected chi connectivity index (χ4v) is 3.55. The Kier molecular flexibility index (Phi) is 7.14. The average Bonchev–Trinajstić information content (AvgIpc) is 2.74. The molecule has 1 saturated heterocycles. The molecule has 1 fully saturated rings. The van der Waals surface area contributed by atoms with Crippen LogP contribution in [0.25, 0.3) is 0 Å². The normalized spacial score (nSPS) is 16.8. The molecule has 6 heteroatoms. The molecule has 1 atom stereocenters. The van der Waals surface area contributed by atoms with Crippen molar-refractivity contribution in [3.8, 4) is 0 Å². The highest BCUT2D eigenvalue weighted by Gasteiger charge is 2.26. The zero-order valence-electron chi connectivity index (χ0n) is 16.4. The van der Waals surface area contributed by atoms with E-state index in [1.165, 1.54) is 12.1 Å². The molecule has 0 aliphatic carbocycles. The van der Waals surface area contributed by atoms with E-state index in [1.54, 1.807) is 42.5 Å². The largest absolute Gasteiger partial charge is 0.349 e. The lowest BCUT2D eigenvalue weighted by molar-refractivity contribution is -0.121. The van der Waals surface area contributed by atoms with E-state index in [0.29, 0.717) is 30.9 Å². The van der Waals surface area contributed by atoms with Gasteiger partial charge in [-0.25, -0.2) is 4.39 Å². The Morgan fingerprint density at radius 3 is 2.69 bits per heavy atom. The summed E-state index contributed by atoms with van der Waals surface area (Å²) in [4.78, 5) is 27.4. The smallest absolute Gasteiger partial charge is 0.253 e. The van der Waals surface area contributed by atoms with Gasteiger partial charge in [-0.1, -0.05) is 30.3 Å². The molecule has 1 aliphatic rings. The number of amides is 2. The van der Waals surface area contributed by atoms with Crippen LogP contribution in [0.5, 0.6) is 0 Å². The van der Waals surface area contributed by atoms with Gasteiger partial charge >= 0.3 is 0 Å². The van der Waals surface area contributed by atoms with Gasteiger partial charge in [-0.15, -0.1) is 6.58 Å². The van der Waals surface area contributed by atoms with Crippen molar-refractivity contribution in [3.63, 3.8) is 0 Å². The van der Waals surface area contributed by atoms with E-state index in [-0.39, 0.29) is 23.5 Å². The van der Waals surface area contributed by atoms with Crippen LogP contribution in [0.4, 0.5) is 10.1 Å². The lowest BCUT2D eigenvalue weighted by Crippen LogP contribution is -2.40. The standard InChI is InChI=1S/C23H26FN3O2/c1-2-13-25-23(29)20-7-3-4-8-21(20)26-22(28)18-6-5-14-27(16-18)15-17-9-11-19(24)12-10-17/h2-4,7-12,18H,1,5-6,13-16H2,(H,25,29)(H,26,28)/t18-/m1/s1. The summed E-state index contributed by atoms with van der Waals surface area (Å²) in [6, 6.07) is 13.4. The number of carbonyl (C=O) groups is 2. The highest BCUT2D eigenvalue weighted by Crippen LogP contribution is 2.22. The number of anilines is 1. The molecular weight excluding hydrogens is 369 g/mol. The van der Waals surface area contributed by atoms with Gasteiger partial charge in [0.15, 0.2) is 0 Å². The van der Waals surface area contributed by atoms with E-state index < -0.39 is 0 Å². The maximum atomic E-state index is 13.1. The maximum absolute atomic E-state index is 13.1. The third-order valence-electron chi connectivity index (χ3n) is 5.03. The second-order valence-corrected chi connectivity index (χ2v) is 7.23. The molecule has 29 heavy (non-hydrogen) atoms. The van der Waals surface area contributed by atoms with Gasteiger partial charge in [0.05, 0.1) is 17.2 Å². The third-order valence-corrected chi connectivity index (χ3v) is 5.03. The maximum Gasteiger partial charge on any atom is 0.253 e. The number of piperidine rings is 1. The van der Waals surface area contributed by atoms with Gasteiger partial charge in [-0.05, 0) is 49.2 Å². The predicted molar refractivity (Wildman–Crippen MR) is 112 cm³/mol. The molecule has 0 aromatic heterocycles. The molecule has 2 aromatic carbocycles. The van der Waals surface area contributed by atoms with Gasteiger partial charge in [-0.2, -0.15) is 0 Å². The van der Waals surface area contributed by atoms with Gasteiger partial charge in [-0.3, -0.25) is 14.5 Å². The second kappa shape index (κ2) is 9.98. The van der Waals surface area contributed by atoms with E-state index in [0.717, 1.165) is 24.9 Å². The average molecular weight is 395 g/mol. The molecule has 0 saturated carbocycles. The number of para-hydroxylation sites is 1. The second-order valence-electron chi connectivity index (χ2n) is 7.23. The van der Waals surface area contributed by atoms with E-state index in [1.807, 2.05) is 0 Å². The number of carbonyl (C=O) groups excluding carboxylic acids is 2. The van der Waals surface area contributed by atoms with Gasteiger partial charge in [0, 0.05) is 19.6 Å². The number of nitrogens with zero attached hydrogens (tertiary/aromatic N) is 1. The zero-order chi connectivity index (χ0) is 20.6. The predicted octanol–water partition coefficient (Wildman–Crippen LogP) is 3.59. The van der Waals surface area contributed by atoms with Crippen molar-refractivity contribution in [3.05, 3.63) is 78.1 Å². The van der Waals surface area contributed by atoms with Gasteiger partial charge in [0.25, 0.3) is 5.91 Å². The Morgan fingerprint density at radius 1 is 1.17 bits per heavy atom. The van der Waals surface area contributed by atoms with Crippen LogP contribution in [-0.2, 0) is 11.3 Å². The number of likely N-dealkylation sites (tertiary alicyclic amines) is 1. The summed E-state index contributed by atoms with van der Waals surface area (Å²) in [5.74, 6) is -0.742. The van der Waals surface area contributed by atoms with Crippen LogP contribution in [0.15, 0.2) is 61.2 Å². The van der Waals surface area contributed by atoms with E-state index in [4.69, 9.17) is 0 Å². The van der Waals surface area contributed by atoms with Crippen LogP contribution in [0.3, 0.4) is 0 Å². The number of nitrogens with one attached hydrogen (secondary N) is 2. The summed E-state index contributed by atoms with van der Waals surface area (Å²) in [5.41, 5.74) is 1.97. The summed E-state index contributed by atoms with van der Waals surface area (Å²) in [6.07, 6.45) is 3.33. The Hall–Kier alpha value is -2.99. The Morgan fingerprint density at radius 2 is 1.93 bits per heavy atom. The molecule has 2 aromatic rings. The molecule has 152 valence electrons. The molecule has 1 heterocycles. The van der Waals surface area contributed by atoms with Crippen molar-refractivity contribution >= 4 is 17.5 Å². The number of benzene rings is 2. The molecule has 0 unspecified atom stereocenters. The lowest BCUT2D eigenvalue weighted by Gasteiger charge is -2.32. The van der Waals surface area contributed by atoms with E-state index >= 15 is 0 Å². The Bertz CT molecular complexity index is 867. The quantitative estimate of drug-likeness (QED) is 0.705. The van der Waals surface area contributed by atoms with Crippen LogP contribution < -0.4 is 10.6 Å². The minimum absolute atomic E-state index is 0.0854. The highest BCUT2D eigenvalue weighted by atomic mass is 19.1. The van der Waals surface area contributed by atoms with Crippen molar-refractivity contribution in [2.45, 2.75) is 19.4 Å². The molecule has 0 spiro atoms. The van der Waals surface area contributed by atoms with Crippen molar-refractivity contribution in [2.75, 3.05) is 25.0 Å². The van der Waals surface area contributed by atoms with Crippen LogP contribution in [0.2, 0.25) is 0 Å². The summed E-state index contributed by atoms with van der Waals surface area (Å²) < 4.78 is 13.1. The molecule has 0 radical (unpaired) electrons. The molecule has 0 bridgehead atoms. The van der Waals surface area contributed by atoms with Crippen molar-refractivity contribution in [1.82, 2.24) is 10.2 Å². The van der Waals surface area contributed by atoms with Gasteiger partial charge in [0.2, 0.25) is 5.91 Å². The lowest BCUT2D eigenvalue weighted by atomic mass is 9.96. The van der Waals surface area contributed by atoms with Crippen LogP contribution >= 0.6 is 0 Å². The number of hydrogen-bond donors (Lipinski definition) is 2. The minimum atomic E-state index is -0.250. The molecule has 5 nitrogen and oxygen atoms in total. The first-order chi connectivity index (χ1) is 14.1. The summed E-state index contributed by atoms with van der Waals surface area (Å²) >= 11 is 0. The first-order valence-electron chi connectivity index (χ1n) is 9.82. The minimum Gasteiger partial charge on any atom is -0.349 e. The Balaban J connectivity index is 1.62. The van der Waals surface area contributed by atoms with Gasteiger partial charge < -0.3 is 10.6 Å². The van der Waals surface area contributed by atoms with Gasteiger partial charge in [0.1, 0.15) is 5.82 Å². The number of halogens is 1. The monoisotopic (exact) mass is 395 g/mol. The SMILES string of the molecule is C=CCNC(=O)c1ccccc1NC(=O)[C@@H]1CCCN(Cc2ccc(F)cc2)C1. The summed E-state index contributed by atoms with van der Waals surface area (Å²) in [5, 5.41) is 5.66. The molecule has 1 aliphatic heterocycles. The Labute approximate surface area is 170 Å². The first-order valence-corrected chi connectivity index (χ1v) is 9.82. The summed E-state index contributed by atoms with van der Waals surface area (Å²) in [7, 11) is 0. The molecular formula is C23H26FN3O2. The molecule has 2 amide bonds. The fraction of sp³-hybridized carbons (Fsp3) is 0.304. The van der Waals surface area contributed by atoms with Crippen LogP contribution in [0, 0.1) is 11.7 Å². The highest BCUT2D eigenvalue weighted by molar-refractivity contribution is 6.04. The molecule has 2 N–H and O–H groups in total. The summed E-state index contributed by atoms with van der Waals surface area (Å²) in [6.45, 7) is 6.18. The van der Waals surface area contributed by atoms with Crippen molar-refractivity contribution in [1.29, 1.82) is 0 Å². The topological polar surface area (TPSA) is 61.4 Å². The van der Waals surface area contributed by atoms with Crippen LogP contribution in [0.1, 0.15) is 28.8 Å². The third kappa shape index (κ3) is 5.74. The fourth-order valence-electron chi connectivity index (χ4n) is 3.55. The first kappa shape index (κ1) is 20.7. The van der Waals surface area contributed by atoms with Crippen LogP contribution in [-0.4, -0.2) is 36.3 Å². The van der Waals surface area contributed by atoms with E-state index in [9.17, 15) is 14.0 Å². The number of hydrogen-bond acceptors (Lipinski definition) is 3.